The van der Waals surface area contributed by atoms with E-state index in [2.05, 4.69) is 22.2 Å². The Labute approximate surface area is 78.6 Å². The maximum atomic E-state index is 5.44. The third kappa shape index (κ3) is 2.99. The molecule has 1 aromatic rings. The minimum atomic E-state index is 0.344. The molecule has 13 heavy (non-hydrogen) atoms. The molecule has 0 saturated carbocycles. The number of nitrogens with two attached hydrogens (primary N) is 1. The first-order valence-corrected chi connectivity index (χ1v) is 4.52. The van der Waals surface area contributed by atoms with Crippen LogP contribution in [0.15, 0.2) is 6.20 Å². The topological polar surface area (TPSA) is 63.8 Å². The third-order valence-electron chi connectivity index (χ3n) is 1.84. The zero-order valence-corrected chi connectivity index (χ0v) is 8.17. The minimum Gasteiger partial charge on any atom is -0.368 e. The lowest BCUT2D eigenvalue weighted by Gasteiger charge is -2.05. The molecule has 0 radical (unpaired) electrons. The molecule has 0 aliphatic heterocycles. The van der Waals surface area contributed by atoms with E-state index in [4.69, 9.17) is 5.73 Å². The van der Waals surface area contributed by atoms with Crippen LogP contribution in [-0.2, 0) is 6.54 Å². The summed E-state index contributed by atoms with van der Waals surface area (Å²) in [6.07, 6.45) is 2.91. The largest absolute Gasteiger partial charge is 0.368 e. The highest BCUT2D eigenvalue weighted by Gasteiger charge is 1.99. The highest BCUT2D eigenvalue weighted by Crippen LogP contribution is 2.03. The molecule has 0 aromatic carbocycles. The lowest BCUT2D eigenvalue weighted by Crippen LogP contribution is -2.15. The van der Waals surface area contributed by atoms with Crippen LogP contribution in [0.25, 0.3) is 0 Å². The Morgan fingerprint density at radius 1 is 1.54 bits per heavy atom. The molecular formula is C9H16N4. The van der Waals surface area contributed by atoms with Crippen LogP contribution in [0.2, 0.25) is 0 Å². The Bertz CT molecular complexity index is 272. The number of hydrogen-bond acceptors (Lipinski definition) is 4. The molecule has 0 fully saturated rings. The highest BCUT2D eigenvalue weighted by molar-refractivity contribution is 5.23. The molecule has 0 atom stereocenters. The van der Waals surface area contributed by atoms with Gasteiger partial charge in [0.1, 0.15) is 0 Å². The SMILES string of the molecule is CCCNCc1cnc(N)nc1C. The molecule has 0 aliphatic rings. The van der Waals surface area contributed by atoms with Crippen molar-refractivity contribution >= 4 is 5.95 Å². The zero-order valence-electron chi connectivity index (χ0n) is 8.17. The number of aromatic nitrogens is 2. The lowest BCUT2D eigenvalue weighted by atomic mass is 10.2. The summed E-state index contributed by atoms with van der Waals surface area (Å²) in [4.78, 5) is 8.02. The van der Waals surface area contributed by atoms with E-state index in [0.717, 1.165) is 30.8 Å². The van der Waals surface area contributed by atoms with Gasteiger partial charge in [-0.2, -0.15) is 0 Å². The third-order valence-corrected chi connectivity index (χ3v) is 1.84. The van der Waals surface area contributed by atoms with Gasteiger partial charge in [-0.3, -0.25) is 0 Å². The van der Waals surface area contributed by atoms with Crippen molar-refractivity contribution in [3.63, 3.8) is 0 Å². The van der Waals surface area contributed by atoms with Crippen molar-refractivity contribution in [2.75, 3.05) is 12.3 Å². The van der Waals surface area contributed by atoms with Crippen LogP contribution < -0.4 is 11.1 Å². The monoisotopic (exact) mass is 180 g/mol. The van der Waals surface area contributed by atoms with Crippen molar-refractivity contribution < 1.29 is 0 Å². The van der Waals surface area contributed by atoms with Gasteiger partial charge in [0.05, 0.1) is 0 Å². The first-order chi connectivity index (χ1) is 6.24. The number of anilines is 1. The first-order valence-electron chi connectivity index (χ1n) is 4.52. The van der Waals surface area contributed by atoms with Gasteiger partial charge in [0.25, 0.3) is 0 Å². The smallest absolute Gasteiger partial charge is 0.220 e. The molecule has 1 aromatic heterocycles. The average molecular weight is 180 g/mol. The fraction of sp³-hybridized carbons (Fsp3) is 0.556. The van der Waals surface area contributed by atoms with E-state index in [0.29, 0.717) is 5.95 Å². The van der Waals surface area contributed by atoms with E-state index in [1.165, 1.54) is 0 Å². The first kappa shape index (κ1) is 9.92. The number of aryl methyl sites for hydroxylation is 1. The predicted molar refractivity (Wildman–Crippen MR) is 53.2 cm³/mol. The summed E-state index contributed by atoms with van der Waals surface area (Å²) >= 11 is 0. The number of nitrogen functional groups attached to an aromatic ring is 1. The van der Waals surface area contributed by atoms with E-state index in [1.807, 2.05) is 6.92 Å². The van der Waals surface area contributed by atoms with Crippen molar-refractivity contribution in [3.8, 4) is 0 Å². The van der Waals surface area contributed by atoms with Crippen LogP contribution in [0.1, 0.15) is 24.6 Å². The van der Waals surface area contributed by atoms with Crippen LogP contribution in [0.5, 0.6) is 0 Å². The van der Waals surface area contributed by atoms with Crippen LogP contribution >= 0.6 is 0 Å². The van der Waals surface area contributed by atoms with Crippen molar-refractivity contribution in [1.82, 2.24) is 15.3 Å². The van der Waals surface area contributed by atoms with Gasteiger partial charge in [0.15, 0.2) is 0 Å². The zero-order chi connectivity index (χ0) is 9.68. The van der Waals surface area contributed by atoms with Gasteiger partial charge < -0.3 is 11.1 Å². The van der Waals surface area contributed by atoms with E-state index >= 15 is 0 Å². The molecule has 1 rings (SSSR count). The van der Waals surface area contributed by atoms with Crippen LogP contribution in [0.4, 0.5) is 5.95 Å². The Hall–Kier alpha value is -1.16. The second-order valence-corrected chi connectivity index (χ2v) is 3.02. The Morgan fingerprint density at radius 2 is 2.31 bits per heavy atom. The predicted octanol–water partition coefficient (Wildman–Crippen LogP) is 0.867. The van der Waals surface area contributed by atoms with Gasteiger partial charge in [-0.05, 0) is 19.9 Å². The molecule has 0 spiro atoms. The second kappa shape index (κ2) is 4.77. The van der Waals surface area contributed by atoms with Crippen molar-refractivity contribution in [2.24, 2.45) is 0 Å². The summed E-state index contributed by atoms with van der Waals surface area (Å²) in [6.45, 7) is 5.92. The van der Waals surface area contributed by atoms with Gasteiger partial charge in [0.2, 0.25) is 5.95 Å². The van der Waals surface area contributed by atoms with Crippen LogP contribution in [-0.4, -0.2) is 16.5 Å². The fourth-order valence-corrected chi connectivity index (χ4v) is 1.08. The fourth-order valence-electron chi connectivity index (χ4n) is 1.08. The summed E-state index contributed by atoms with van der Waals surface area (Å²) in [5.41, 5.74) is 7.51. The highest BCUT2D eigenvalue weighted by atomic mass is 15.0. The molecule has 1 heterocycles. The number of hydrogen-bond donors (Lipinski definition) is 2. The van der Waals surface area contributed by atoms with Gasteiger partial charge in [-0.1, -0.05) is 6.92 Å². The van der Waals surface area contributed by atoms with E-state index < -0.39 is 0 Å². The molecule has 0 unspecified atom stereocenters. The Morgan fingerprint density at radius 3 is 2.92 bits per heavy atom. The summed E-state index contributed by atoms with van der Waals surface area (Å²) in [7, 11) is 0. The number of rotatable bonds is 4. The number of nitrogens with one attached hydrogen (secondary N) is 1. The molecule has 4 nitrogen and oxygen atoms in total. The second-order valence-electron chi connectivity index (χ2n) is 3.02. The molecule has 4 heteroatoms. The normalized spacial score (nSPS) is 10.3. The van der Waals surface area contributed by atoms with Crippen molar-refractivity contribution in [3.05, 3.63) is 17.5 Å². The molecule has 0 amide bonds. The van der Waals surface area contributed by atoms with Crippen LogP contribution in [0.3, 0.4) is 0 Å². The van der Waals surface area contributed by atoms with Gasteiger partial charge in [-0.15, -0.1) is 0 Å². The van der Waals surface area contributed by atoms with Gasteiger partial charge >= 0.3 is 0 Å². The van der Waals surface area contributed by atoms with E-state index in [1.54, 1.807) is 6.20 Å². The number of nitrogens with zero attached hydrogens (tertiary/aromatic N) is 2. The molecular weight excluding hydrogens is 164 g/mol. The minimum absolute atomic E-state index is 0.344. The van der Waals surface area contributed by atoms with Crippen LogP contribution in [0, 0.1) is 6.92 Å². The lowest BCUT2D eigenvalue weighted by molar-refractivity contribution is 0.669. The molecule has 72 valence electrons. The van der Waals surface area contributed by atoms with E-state index in [-0.39, 0.29) is 0 Å². The quantitative estimate of drug-likeness (QED) is 0.675. The van der Waals surface area contributed by atoms with Gasteiger partial charge in [-0.25, -0.2) is 9.97 Å². The summed E-state index contributed by atoms with van der Waals surface area (Å²) in [5.74, 6) is 0.344. The van der Waals surface area contributed by atoms with Gasteiger partial charge in [0, 0.05) is 24.0 Å². The van der Waals surface area contributed by atoms with Crippen molar-refractivity contribution in [1.29, 1.82) is 0 Å². The maximum Gasteiger partial charge on any atom is 0.220 e. The average Bonchev–Trinajstić information content (AvgIpc) is 2.09. The standard InChI is InChI=1S/C9H16N4/c1-3-4-11-5-8-6-12-9(10)13-7(8)2/h6,11H,3-5H2,1-2H3,(H2,10,12,13). The summed E-state index contributed by atoms with van der Waals surface area (Å²) in [6, 6.07) is 0. The van der Waals surface area contributed by atoms with Crippen molar-refractivity contribution in [2.45, 2.75) is 26.8 Å². The summed E-state index contributed by atoms with van der Waals surface area (Å²) < 4.78 is 0. The molecule has 0 saturated heterocycles. The molecule has 0 bridgehead atoms. The van der Waals surface area contributed by atoms with E-state index in [9.17, 15) is 0 Å². The summed E-state index contributed by atoms with van der Waals surface area (Å²) in [5, 5.41) is 3.29. The molecule has 0 aliphatic carbocycles. The maximum absolute atomic E-state index is 5.44. The Balaban J connectivity index is 2.56. The Kier molecular flexibility index (Phi) is 3.64. The molecule has 3 N–H and O–H groups in total.